The fourth-order valence-electron chi connectivity index (χ4n) is 1.17. The van der Waals surface area contributed by atoms with Crippen LogP contribution in [0, 0.1) is 11.6 Å². The minimum Gasteiger partial charge on any atom is -0.507 e. The summed E-state index contributed by atoms with van der Waals surface area (Å²) in [6.45, 7) is 1.52. The summed E-state index contributed by atoms with van der Waals surface area (Å²) in [4.78, 5) is 22.2. The first-order valence-corrected chi connectivity index (χ1v) is 5.02. The van der Waals surface area contributed by atoms with Crippen molar-refractivity contribution in [2.75, 3.05) is 6.61 Å². The Hall–Kier alpha value is -2.24. The molecule has 0 radical (unpaired) electrons. The largest absolute Gasteiger partial charge is 0.507 e. The molecule has 0 aliphatic heterocycles. The highest BCUT2D eigenvalue weighted by Gasteiger charge is 2.14. The van der Waals surface area contributed by atoms with Gasteiger partial charge < -0.3 is 9.84 Å². The van der Waals surface area contributed by atoms with Gasteiger partial charge in [0.2, 0.25) is 0 Å². The summed E-state index contributed by atoms with van der Waals surface area (Å²) >= 11 is 0. The van der Waals surface area contributed by atoms with E-state index in [4.69, 9.17) is 0 Å². The smallest absolute Gasteiger partial charge is 0.379 e. The molecule has 1 aromatic rings. The Kier molecular flexibility index (Phi) is 4.53. The lowest BCUT2D eigenvalue weighted by atomic mass is 10.1. The van der Waals surface area contributed by atoms with E-state index in [1.54, 1.807) is 0 Å². The molecule has 0 heterocycles. The van der Waals surface area contributed by atoms with Crippen LogP contribution in [0.3, 0.4) is 0 Å². The van der Waals surface area contributed by atoms with E-state index in [9.17, 15) is 23.5 Å². The van der Waals surface area contributed by atoms with Gasteiger partial charge in [0.25, 0.3) is 5.78 Å². The average Bonchev–Trinajstić information content (AvgIpc) is 2.27. The standard InChI is InChI=1S/C12H10F2O4/c1-2-18-12(17)11(16)6-10(15)7-3-8(13)5-9(14)4-7/h3-6,15H,2H2,1H3/b10-6-. The van der Waals surface area contributed by atoms with Crippen molar-refractivity contribution in [3.63, 3.8) is 0 Å². The van der Waals surface area contributed by atoms with E-state index >= 15 is 0 Å². The van der Waals surface area contributed by atoms with Crippen LogP contribution in [0.25, 0.3) is 5.76 Å². The number of rotatable bonds is 4. The summed E-state index contributed by atoms with van der Waals surface area (Å²) in [7, 11) is 0. The SMILES string of the molecule is CCOC(=O)C(=O)/C=C(\O)c1cc(F)cc(F)c1. The van der Waals surface area contributed by atoms with E-state index in [0.717, 1.165) is 12.1 Å². The summed E-state index contributed by atoms with van der Waals surface area (Å²) in [5.74, 6) is -4.80. The number of carbonyl (C=O) groups is 2. The fourth-order valence-corrected chi connectivity index (χ4v) is 1.17. The third-order valence-corrected chi connectivity index (χ3v) is 1.90. The summed E-state index contributed by atoms with van der Waals surface area (Å²) < 4.78 is 30.1. The number of halogens is 2. The van der Waals surface area contributed by atoms with Crippen LogP contribution in [0.1, 0.15) is 12.5 Å². The normalized spacial score (nSPS) is 11.2. The van der Waals surface area contributed by atoms with Crippen LogP contribution in [0.2, 0.25) is 0 Å². The number of carbonyl (C=O) groups excluding carboxylic acids is 2. The van der Waals surface area contributed by atoms with Gasteiger partial charge in [0.05, 0.1) is 6.61 Å². The number of hydrogen-bond donors (Lipinski definition) is 1. The molecule has 1 N–H and O–H groups in total. The van der Waals surface area contributed by atoms with Crippen molar-refractivity contribution in [2.24, 2.45) is 0 Å². The van der Waals surface area contributed by atoms with Crippen molar-refractivity contribution in [1.29, 1.82) is 0 Å². The molecule has 0 fully saturated rings. The number of benzene rings is 1. The lowest BCUT2D eigenvalue weighted by Gasteiger charge is -2.01. The zero-order valence-corrected chi connectivity index (χ0v) is 9.44. The molecule has 0 aromatic heterocycles. The molecule has 0 amide bonds. The first kappa shape index (κ1) is 13.8. The van der Waals surface area contributed by atoms with E-state index in [0.29, 0.717) is 12.1 Å². The number of ether oxygens (including phenoxy) is 1. The minimum absolute atomic E-state index is 0.00771. The van der Waals surface area contributed by atoms with Crippen LogP contribution in [-0.2, 0) is 14.3 Å². The molecule has 4 nitrogen and oxygen atoms in total. The molecule has 0 atom stereocenters. The van der Waals surface area contributed by atoms with Gasteiger partial charge in [0, 0.05) is 17.7 Å². The van der Waals surface area contributed by atoms with Crippen molar-refractivity contribution >= 4 is 17.5 Å². The number of aliphatic hydroxyl groups excluding tert-OH is 1. The van der Waals surface area contributed by atoms with Gasteiger partial charge in [-0.05, 0) is 19.1 Å². The molecule has 0 aliphatic rings. The second-order valence-electron chi connectivity index (χ2n) is 3.27. The maximum atomic E-state index is 12.9. The zero-order valence-electron chi connectivity index (χ0n) is 9.44. The fraction of sp³-hybridized carbons (Fsp3) is 0.167. The molecule has 18 heavy (non-hydrogen) atoms. The molecular formula is C12H10F2O4. The van der Waals surface area contributed by atoms with Gasteiger partial charge in [-0.15, -0.1) is 0 Å². The van der Waals surface area contributed by atoms with Crippen LogP contribution in [0.5, 0.6) is 0 Å². The van der Waals surface area contributed by atoms with E-state index in [1.807, 2.05) is 0 Å². The first-order chi connectivity index (χ1) is 8.43. The van der Waals surface area contributed by atoms with Gasteiger partial charge in [0.1, 0.15) is 17.4 Å². The molecule has 0 spiro atoms. The third-order valence-electron chi connectivity index (χ3n) is 1.90. The molecule has 0 saturated heterocycles. The maximum absolute atomic E-state index is 12.9. The van der Waals surface area contributed by atoms with Gasteiger partial charge in [-0.3, -0.25) is 4.79 Å². The molecule has 0 unspecified atom stereocenters. The van der Waals surface area contributed by atoms with Crippen LogP contribution in [-0.4, -0.2) is 23.5 Å². The lowest BCUT2D eigenvalue weighted by Crippen LogP contribution is -2.15. The first-order valence-electron chi connectivity index (χ1n) is 5.02. The summed E-state index contributed by atoms with van der Waals surface area (Å²) in [6.07, 6.45) is 0.548. The van der Waals surface area contributed by atoms with Gasteiger partial charge >= 0.3 is 5.97 Å². The van der Waals surface area contributed by atoms with Crippen LogP contribution >= 0.6 is 0 Å². The maximum Gasteiger partial charge on any atom is 0.379 e. The predicted molar refractivity (Wildman–Crippen MR) is 58.6 cm³/mol. The topological polar surface area (TPSA) is 63.6 Å². The minimum atomic E-state index is -1.15. The zero-order chi connectivity index (χ0) is 13.7. The van der Waals surface area contributed by atoms with Gasteiger partial charge in [-0.2, -0.15) is 0 Å². The highest BCUT2D eigenvalue weighted by molar-refractivity contribution is 6.39. The summed E-state index contributed by atoms with van der Waals surface area (Å²) in [6, 6.07) is 2.27. The van der Waals surface area contributed by atoms with Crippen LogP contribution in [0.15, 0.2) is 24.3 Å². The molecule has 96 valence electrons. The molecule has 0 saturated carbocycles. The van der Waals surface area contributed by atoms with Gasteiger partial charge in [-0.1, -0.05) is 0 Å². The van der Waals surface area contributed by atoms with Crippen molar-refractivity contribution in [2.45, 2.75) is 6.92 Å². The van der Waals surface area contributed by atoms with E-state index in [2.05, 4.69) is 4.74 Å². The number of ketones is 1. The monoisotopic (exact) mass is 256 g/mol. The molecule has 1 rings (SSSR count). The Morgan fingerprint density at radius 2 is 1.83 bits per heavy atom. The predicted octanol–water partition coefficient (Wildman–Crippen LogP) is 2.00. The Labute approximate surface area is 101 Å². The summed E-state index contributed by atoms with van der Waals surface area (Å²) in [5.41, 5.74) is -0.245. The van der Waals surface area contributed by atoms with Crippen molar-refractivity contribution in [3.8, 4) is 0 Å². The quantitative estimate of drug-likeness (QED) is 0.387. The number of hydrogen-bond acceptors (Lipinski definition) is 4. The Balaban J connectivity index is 2.95. The highest BCUT2D eigenvalue weighted by atomic mass is 19.1. The molecule has 6 heteroatoms. The van der Waals surface area contributed by atoms with Crippen molar-refractivity contribution < 1.29 is 28.2 Å². The van der Waals surface area contributed by atoms with E-state index in [-0.39, 0.29) is 12.2 Å². The Morgan fingerprint density at radius 3 is 2.33 bits per heavy atom. The molecule has 0 bridgehead atoms. The summed E-state index contributed by atoms with van der Waals surface area (Å²) in [5, 5.41) is 9.46. The lowest BCUT2D eigenvalue weighted by molar-refractivity contribution is -0.151. The molecule has 1 aromatic carbocycles. The van der Waals surface area contributed by atoms with Crippen LogP contribution < -0.4 is 0 Å². The molecular weight excluding hydrogens is 246 g/mol. The molecule has 0 aliphatic carbocycles. The Bertz CT molecular complexity index is 489. The average molecular weight is 256 g/mol. The second kappa shape index (κ2) is 5.90. The third kappa shape index (κ3) is 3.65. The Morgan fingerprint density at radius 1 is 1.28 bits per heavy atom. The number of aliphatic hydroxyl groups is 1. The van der Waals surface area contributed by atoms with Crippen molar-refractivity contribution in [3.05, 3.63) is 41.5 Å². The van der Waals surface area contributed by atoms with Gasteiger partial charge in [-0.25, -0.2) is 13.6 Å². The highest BCUT2D eigenvalue weighted by Crippen LogP contribution is 2.15. The van der Waals surface area contributed by atoms with Crippen molar-refractivity contribution in [1.82, 2.24) is 0 Å². The van der Waals surface area contributed by atoms with Crippen LogP contribution in [0.4, 0.5) is 8.78 Å². The van der Waals surface area contributed by atoms with Gasteiger partial charge in [0.15, 0.2) is 0 Å². The van der Waals surface area contributed by atoms with E-state index in [1.165, 1.54) is 6.92 Å². The van der Waals surface area contributed by atoms with E-state index < -0.39 is 29.1 Å². The number of esters is 1. The second-order valence-corrected chi connectivity index (χ2v) is 3.27.